The van der Waals surface area contributed by atoms with Gasteiger partial charge in [0.15, 0.2) is 5.84 Å². The number of likely N-dealkylation sites (N-methyl/N-ethyl adjacent to an activating group) is 1. The van der Waals surface area contributed by atoms with Gasteiger partial charge in [0.1, 0.15) is 0 Å². The van der Waals surface area contributed by atoms with Gasteiger partial charge in [-0.1, -0.05) is 6.58 Å². The van der Waals surface area contributed by atoms with Crippen molar-refractivity contribution in [2.75, 3.05) is 20.1 Å². The molecule has 0 saturated carbocycles. The van der Waals surface area contributed by atoms with E-state index in [0.29, 0.717) is 13.1 Å². The summed E-state index contributed by atoms with van der Waals surface area (Å²) in [6.07, 6.45) is 0. The molecule has 13 heavy (non-hydrogen) atoms. The van der Waals surface area contributed by atoms with E-state index in [1.807, 2.05) is 0 Å². The van der Waals surface area contributed by atoms with Crippen molar-refractivity contribution in [3.8, 4) is 0 Å². The fourth-order valence-electron chi connectivity index (χ4n) is 0.832. The van der Waals surface area contributed by atoms with E-state index < -0.39 is 10.2 Å². The number of aliphatic imine (C=N–C) groups is 1. The fourth-order valence-corrected chi connectivity index (χ4v) is 1.75. The van der Waals surface area contributed by atoms with Gasteiger partial charge in [-0.05, 0) is 7.05 Å². The van der Waals surface area contributed by atoms with Crippen LogP contribution in [0, 0.1) is 0 Å². The largest absolute Gasteiger partial charge is 0.322 e. The second-order valence-electron chi connectivity index (χ2n) is 2.52. The molecule has 0 aromatic carbocycles. The van der Waals surface area contributed by atoms with Crippen LogP contribution in [0.15, 0.2) is 17.3 Å². The molecule has 1 rings (SSSR count). The van der Waals surface area contributed by atoms with Crippen LogP contribution in [-0.2, 0) is 10.2 Å². The Bertz CT molecular complexity index is 333. The topological polar surface area (TPSA) is 82.6 Å². The van der Waals surface area contributed by atoms with Crippen LogP contribution in [0.25, 0.3) is 0 Å². The third-order valence-corrected chi connectivity index (χ3v) is 2.38. The van der Waals surface area contributed by atoms with Crippen molar-refractivity contribution in [3.05, 3.63) is 12.3 Å². The minimum atomic E-state index is -3.43. The third-order valence-electron chi connectivity index (χ3n) is 1.41. The zero-order valence-electron chi connectivity index (χ0n) is 7.29. The Kier molecular flexibility index (Phi) is 2.89. The van der Waals surface area contributed by atoms with Gasteiger partial charge in [0.25, 0.3) is 0 Å². The maximum atomic E-state index is 10.9. The van der Waals surface area contributed by atoms with Gasteiger partial charge < -0.3 is 5.32 Å². The van der Waals surface area contributed by atoms with E-state index in [9.17, 15) is 8.42 Å². The van der Waals surface area contributed by atoms with Gasteiger partial charge >= 0.3 is 10.2 Å². The quantitative estimate of drug-likeness (QED) is 0.492. The van der Waals surface area contributed by atoms with Gasteiger partial charge in [-0.2, -0.15) is 8.42 Å². The molecule has 1 heterocycles. The van der Waals surface area contributed by atoms with E-state index >= 15 is 0 Å². The first-order valence-electron chi connectivity index (χ1n) is 3.74. The Labute approximate surface area is 77.3 Å². The van der Waals surface area contributed by atoms with Crippen molar-refractivity contribution < 1.29 is 8.42 Å². The second-order valence-corrected chi connectivity index (χ2v) is 3.94. The molecular weight excluding hydrogens is 192 g/mol. The Morgan fingerprint density at radius 2 is 2.23 bits per heavy atom. The van der Waals surface area contributed by atoms with Gasteiger partial charge in [-0.15, -0.1) is 0 Å². The summed E-state index contributed by atoms with van der Waals surface area (Å²) < 4.78 is 26.2. The van der Waals surface area contributed by atoms with Crippen molar-refractivity contribution in [2.45, 2.75) is 0 Å². The maximum absolute atomic E-state index is 10.9. The predicted molar refractivity (Wildman–Crippen MR) is 50.6 cm³/mol. The van der Waals surface area contributed by atoms with E-state index in [0.717, 1.165) is 0 Å². The minimum absolute atomic E-state index is 0.287. The molecule has 0 amide bonds. The molecule has 1 aliphatic heterocycles. The first kappa shape index (κ1) is 10.0. The fraction of sp³-hybridized carbons (Fsp3) is 0.500. The highest BCUT2D eigenvalue weighted by Crippen LogP contribution is 2.00. The molecule has 0 radical (unpaired) electrons. The molecule has 0 bridgehead atoms. The lowest BCUT2D eigenvalue weighted by molar-refractivity contribution is 0.590. The first-order valence-corrected chi connectivity index (χ1v) is 5.22. The van der Waals surface area contributed by atoms with Crippen LogP contribution in [0.4, 0.5) is 0 Å². The molecule has 1 saturated heterocycles. The van der Waals surface area contributed by atoms with E-state index in [1.165, 1.54) is 0 Å². The van der Waals surface area contributed by atoms with Crippen molar-refractivity contribution in [1.29, 1.82) is 0 Å². The molecule has 0 atom stereocenters. The van der Waals surface area contributed by atoms with Gasteiger partial charge in [0, 0.05) is 6.54 Å². The molecule has 0 aromatic heterocycles. The smallest absolute Gasteiger partial charge is 0.318 e. The minimum Gasteiger partial charge on any atom is -0.318 e. The zero-order valence-corrected chi connectivity index (χ0v) is 8.11. The molecule has 6 nitrogen and oxygen atoms in total. The lowest BCUT2D eigenvalue weighted by Crippen LogP contribution is -2.25. The number of hydrogen-bond acceptors (Lipinski definition) is 4. The molecule has 0 unspecified atom stereocenters. The molecule has 3 N–H and O–H groups in total. The Hall–Kier alpha value is -1.08. The average Bonchev–Trinajstić information content (AvgIpc) is 2.25. The second kappa shape index (κ2) is 3.75. The summed E-state index contributed by atoms with van der Waals surface area (Å²) in [6.45, 7) is 4.71. The first-order chi connectivity index (χ1) is 6.05. The highest BCUT2D eigenvalue weighted by atomic mass is 32.2. The molecule has 0 aliphatic carbocycles. The zero-order chi connectivity index (χ0) is 9.90. The van der Waals surface area contributed by atoms with Crippen LogP contribution in [0.5, 0.6) is 0 Å². The van der Waals surface area contributed by atoms with Crippen LogP contribution >= 0.6 is 0 Å². The third kappa shape index (κ3) is 2.71. The Balaban J connectivity index is 2.63. The molecular formula is C6H12N4O2S. The molecule has 74 valence electrons. The van der Waals surface area contributed by atoms with E-state index in [-0.39, 0.29) is 11.5 Å². The average molecular weight is 204 g/mol. The summed E-state index contributed by atoms with van der Waals surface area (Å²) in [6, 6.07) is 0. The van der Waals surface area contributed by atoms with Crippen LogP contribution < -0.4 is 14.8 Å². The number of nitrogens with zero attached hydrogens (tertiary/aromatic N) is 1. The number of hydrogen-bond donors (Lipinski definition) is 3. The van der Waals surface area contributed by atoms with Crippen LogP contribution in [0.2, 0.25) is 0 Å². The number of nitrogens with one attached hydrogen (secondary N) is 3. The van der Waals surface area contributed by atoms with Crippen molar-refractivity contribution in [2.24, 2.45) is 4.99 Å². The standard InChI is InChI=1S/C6H12N4O2S/c1-5-6(8-4-3-7-2)10-13(11,12)9-5/h7,9H,1,3-4H2,2H3,(H,8,10). The molecule has 1 aliphatic rings. The van der Waals surface area contributed by atoms with Gasteiger partial charge in [-0.3, -0.25) is 9.71 Å². The lowest BCUT2D eigenvalue weighted by Gasteiger charge is -1.95. The summed E-state index contributed by atoms with van der Waals surface area (Å²) in [5.74, 6) is 0.287. The number of rotatable bonds is 3. The van der Waals surface area contributed by atoms with Crippen molar-refractivity contribution in [1.82, 2.24) is 14.8 Å². The summed E-state index contributed by atoms with van der Waals surface area (Å²) in [7, 11) is -1.63. The highest BCUT2D eigenvalue weighted by molar-refractivity contribution is 7.88. The summed E-state index contributed by atoms with van der Waals surface area (Å²) in [5, 5.41) is 2.89. The van der Waals surface area contributed by atoms with Crippen molar-refractivity contribution >= 4 is 16.0 Å². The highest BCUT2D eigenvalue weighted by Gasteiger charge is 2.24. The van der Waals surface area contributed by atoms with Crippen LogP contribution in [0.3, 0.4) is 0 Å². The normalized spacial score (nSPS) is 22.8. The van der Waals surface area contributed by atoms with Gasteiger partial charge in [-0.25, -0.2) is 4.72 Å². The Morgan fingerprint density at radius 3 is 2.69 bits per heavy atom. The van der Waals surface area contributed by atoms with Gasteiger partial charge in [0.05, 0.1) is 12.2 Å². The number of amidine groups is 1. The Morgan fingerprint density at radius 1 is 1.54 bits per heavy atom. The molecule has 7 heteroatoms. The summed E-state index contributed by atoms with van der Waals surface area (Å²) in [5.41, 5.74) is 0.288. The van der Waals surface area contributed by atoms with E-state index in [1.54, 1.807) is 7.05 Å². The SMILES string of the molecule is C=C1NS(=O)(=O)NC1=NCCNC. The molecule has 1 fully saturated rings. The van der Waals surface area contributed by atoms with Crippen LogP contribution in [-0.4, -0.2) is 34.4 Å². The van der Waals surface area contributed by atoms with E-state index in [2.05, 4.69) is 26.3 Å². The van der Waals surface area contributed by atoms with E-state index in [4.69, 9.17) is 0 Å². The van der Waals surface area contributed by atoms with Crippen LogP contribution in [0.1, 0.15) is 0 Å². The lowest BCUT2D eigenvalue weighted by atomic mass is 10.5. The maximum Gasteiger partial charge on any atom is 0.322 e. The summed E-state index contributed by atoms with van der Waals surface area (Å²) >= 11 is 0. The summed E-state index contributed by atoms with van der Waals surface area (Å²) in [4.78, 5) is 3.99. The van der Waals surface area contributed by atoms with Crippen molar-refractivity contribution in [3.63, 3.8) is 0 Å². The predicted octanol–water partition coefficient (Wildman–Crippen LogP) is -1.44. The molecule has 0 aromatic rings. The monoisotopic (exact) mass is 204 g/mol. The van der Waals surface area contributed by atoms with Gasteiger partial charge in [0.2, 0.25) is 0 Å². The molecule has 0 spiro atoms.